The summed E-state index contributed by atoms with van der Waals surface area (Å²) in [6, 6.07) is 8.56. The first kappa shape index (κ1) is 53.0. The lowest BCUT2D eigenvalue weighted by molar-refractivity contribution is -0.0396. The van der Waals surface area contributed by atoms with Crippen LogP contribution in [0.4, 0.5) is 36.7 Å². The number of aryl methyl sites for hydroxylation is 1. The molecule has 4 aliphatic rings. The molecule has 70 heavy (non-hydrogen) atoms. The number of hydrogen-bond acceptors (Lipinski definition) is 10. The maximum Gasteiger partial charge on any atom is 0.417 e. The summed E-state index contributed by atoms with van der Waals surface area (Å²) in [4.78, 5) is 83.4. The minimum atomic E-state index is -0.997. The molecule has 4 heterocycles. The zero-order valence-corrected chi connectivity index (χ0v) is 41.1. The van der Waals surface area contributed by atoms with Crippen LogP contribution in [0.2, 0.25) is 0 Å². The van der Waals surface area contributed by atoms with Gasteiger partial charge in [-0.3, -0.25) is 9.59 Å². The molecule has 0 aliphatic carbocycles. The first-order chi connectivity index (χ1) is 32.8. The lowest BCUT2D eigenvalue weighted by Crippen LogP contribution is -2.61. The lowest BCUT2D eigenvalue weighted by atomic mass is 9.89. The Morgan fingerprint density at radius 3 is 1.60 bits per heavy atom. The summed E-state index contributed by atoms with van der Waals surface area (Å²) in [5, 5.41) is 2.66. The molecule has 6 atom stereocenters. The number of benzene rings is 3. The largest absolute Gasteiger partial charge is 0.444 e. The first-order valence-electron chi connectivity index (χ1n) is 23.7. The number of halogens is 4. The molecule has 6 amide bonds. The van der Waals surface area contributed by atoms with Crippen molar-refractivity contribution in [3.8, 4) is 0 Å². The number of cyclic esters (lactones) is 2. The fraction of sp³-hybridized carbons (Fsp3) is 0.529. The summed E-state index contributed by atoms with van der Waals surface area (Å²) in [7, 11) is 0. The number of carbonyl (C=O) groups is 6. The van der Waals surface area contributed by atoms with E-state index in [4.69, 9.17) is 18.9 Å². The van der Waals surface area contributed by atoms with Gasteiger partial charge < -0.3 is 39.0 Å². The molecule has 380 valence electrons. The third kappa shape index (κ3) is 13.1. The lowest BCUT2D eigenvalue weighted by Gasteiger charge is -2.44. The highest BCUT2D eigenvalue weighted by molar-refractivity contribution is 6.06. The maximum atomic E-state index is 14.2. The maximum absolute atomic E-state index is 14.2. The highest BCUT2D eigenvalue weighted by Gasteiger charge is 2.54. The summed E-state index contributed by atoms with van der Waals surface area (Å²) in [6.45, 7) is 18.2. The zero-order valence-electron chi connectivity index (χ0n) is 41.1. The van der Waals surface area contributed by atoms with Crippen molar-refractivity contribution in [3.05, 3.63) is 106 Å². The van der Waals surface area contributed by atoms with Crippen LogP contribution in [0.25, 0.3) is 0 Å². The second-order valence-electron chi connectivity index (χ2n) is 20.1. The Balaban J connectivity index is 0.000000262. The molecular weight excluding hydrogens is 919 g/mol. The van der Waals surface area contributed by atoms with Crippen LogP contribution < -0.4 is 5.32 Å². The van der Waals surface area contributed by atoms with Crippen molar-refractivity contribution in [2.45, 2.75) is 148 Å². The summed E-state index contributed by atoms with van der Waals surface area (Å²) >= 11 is 0. The summed E-state index contributed by atoms with van der Waals surface area (Å²) in [6.07, 6.45) is -1.42. The van der Waals surface area contributed by atoms with Gasteiger partial charge in [-0.15, -0.1) is 0 Å². The third-order valence-electron chi connectivity index (χ3n) is 12.0. The van der Waals surface area contributed by atoms with Gasteiger partial charge >= 0.3 is 24.4 Å². The van der Waals surface area contributed by atoms with E-state index in [-0.39, 0.29) is 35.9 Å². The van der Waals surface area contributed by atoms with E-state index in [1.165, 1.54) is 28.0 Å². The number of nitrogens with one attached hydrogen (secondary N) is 1. The van der Waals surface area contributed by atoms with Crippen molar-refractivity contribution in [2.75, 3.05) is 26.2 Å². The number of imide groups is 1. The molecule has 0 radical (unpaired) electrons. The van der Waals surface area contributed by atoms with Crippen molar-refractivity contribution in [3.63, 3.8) is 0 Å². The Kier molecular flexibility index (Phi) is 16.4. The quantitative estimate of drug-likeness (QED) is 0.137. The van der Waals surface area contributed by atoms with Gasteiger partial charge in [0, 0.05) is 49.4 Å². The molecule has 7 rings (SSSR count). The number of hydrogen-bond donors (Lipinski definition) is 1. The molecule has 15 nitrogen and oxygen atoms in total. The predicted octanol–water partition coefficient (Wildman–Crippen LogP) is 9.11. The Bertz CT molecular complexity index is 2410. The highest BCUT2D eigenvalue weighted by Crippen LogP contribution is 2.36. The van der Waals surface area contributed by atoms with Gasteiger partial charge in [-0.2, -0.15) is 0 Å². The smallest absolute Gasteiger partial charge is 0.417 e. The first-order valence-corrected chi connectivity index (χ1v) is 23.7. The molecular formula is C51H63F4N5O10. The van der Waals surface area contributed by atoms with Crippen LogP contribution in [0.5, 0.6) is 0 Å². The van der Waals surface area contributed by atoms with Crippen LogP contribution in [0, 0.1) is 30.2 Å². The number of amides is 6. The van der Waals surface area contributed by atoms with Crippen LogP contribution in [-0.2, 0) is 31.8 Å². The van der Waals surface area contributed by atoms with Crippen molar-refractivity contribution >= 4 is 36.2 Å². The van der Waals surface area contributed by atoms with Crippen LogP contribution >= 0.6 is 0 Å². The van der Waals surface area contributed by atoms with Crippen LogP contribution in [-0.4, -0.2) is 130 Å². The Morgan fingerprint density at radius 1 is 0.671 bits per heavy atom. The molecule has 0 unspecified atom stereocenters. The van der Waals surface area contributed by atoms with Gasteiger partial charge in [0.05, 0.1) is 24.2 Å². The van der Waals surface area contributed by atoms with E-state index in [9.17, 15) is 46.3 Å². The topological polar surface area (TPSA) is 164 Å². The Morgan fingerprint density at radius 2 is 1.14 bits per heavy atom. The number of rotatable bonds is 12. The van der Waals surface area contributed by atoms with Gasteiger partial charge in [-0.25, -0.2) is 41.6 Å². The standard InChI is InChI=1S/C33H41F2N3O6.C18H22F2N2O4/c1-7-10-36(11-8-2)29(39)22-13-20(3)14-23(18-22)30(40)38-27(17-21-15-24(34)19-25(35)16-21)28(43-32(38)42)26-9-12-37(26)31(41)44-33(4,5)6;1-18(2,3)26-17(24)22-5-4-14(22)15-13(21-16(23)25-15)8-10-6-11(19)9-12(20)7-10/h13-16,18-19,26-28H,7-12,17H2,1-6H3;6-7,9,13-15H,4-5,8H2,1-3H3,(H,21,23)/t26-,27+,28-;13-,14+,15-/m10/s1. The van der Waals surface area contributed by atoms with Gasteiger partial charge in [-0.05, 0) is 146 Å². The average Bonchev–Trinajstić information content (AvgIpc) is 3.70. The molecule has 4 fully saturated rings. The molecule has 3 aromatic rings. The van der Waals surface area contributed by atoms with Crippen molar-refractivity contribution in [1.29, 1.82) is 0 Å². The molecule has 0 aromatic heterocycles. The normalized spacial score (nSPS) is 21.9. The van der Waals surface area contributed by atoms with Crippen LogP contribution in [0.15, 0.2) is 54.6 Å². The van der Waals surface area contributed by atoms with Crippen LogP contribution in [0.1, 0.15) is 118 Å². The Labute approximate surface area is 405 Å². The molecule has 4 saturated heterocycles. The summed E-state index contributed by atoms with van der Waals surface area (Å²) < 4.78 is 77.1. The van der Waals surface area contributed by atoms with E-state index in [0.717, 1.165) is 42.0 Å². The second kappa shape index (κ2) is 21.7. The molecule has 0 bridgehead atoms. The van der Waals surface area contributed by atoms with E-state index in [1.807, 2.05) is 13.8 Å². The van der Waals surface area contributed by atoms with E-state index >= 15 is 0 Å². The fourth-order valence-electron chi connectivity index (χ4n) is 9.05. The number of nitrogens with zero attached hydrogens (tertiary/aromatic N) is 4. The molecule has 1 N–H and O–H groups in total. The summed E-state index contributed by atoms with van der Waals surface area (Å²) in [5.41, 5.74) is 0.312. The van der Waals surface area contributed by atoms with Gasteiger partial charge in [0.15, 0.2) is 0 Å². The SMILES string of the molecule is CC(C)(C)OC(=O)N1CC[C@@H]1[C@H]1OC(=O)N[C@H]1Cc1cc(F)cc(F)c1.CCCN(CCC)C(=O)c1cc(C)cc(C(=O)N2C(=O)O[C@H]([C@H]3CCN3C(=O)OC(C)(C)C)[C@@H]2Cc2cc(F)cc(F)c2)c1. The van der Waals surface area contributed by atoms with E-state index in [0.29, 0.717) is 55.7 Å². The zero-order chi connectivity index (χ0) is 51.4. The van der Waals surface area contributed by atoms with Crippen molar-refractivity contribution < 1.29 is 65.3 Å². The fourth-order valence-corrected chi connectivity index (χ4v) is 9.05. The number of likely N-dealkylation sites (tertiary alicyclic amines) is 2. The van der Waals surface area contributed by atoms with Crippen molar-refractivity contribution in [2.24, 2.45) is 0 Å². The summed E-state index contributed by atoms with van der Waals surface area (Å²) in [5.74, 6) is -3.89. The van der Waals surface area contributed by atoms with Gasteiger partial charge in [0.25, 0.3) is 11.8 Å². The van der Waals surface area contributed by atoms with Gasteiger partial charge in [0.2, 0.25) is 0 Å². The number of carbonyl (C=O) groups excluding carboxylic acids is 6. The van der Waals surface area contributed by atoms with Gasteiger partial charge in [0.1, 0.15) is 46.7 Å². The number of ether oxygens (including phenoxy) is 4. The molecule has 3 aromatic carbocycles. The van der Waals surface area contributed by atoms with Crippen molar-refractivity contribution in [1.82, 2.24) is 24.9 Å². The monoisotopic (exact) mass is 981 g/mol. The van der Waals surface area contributed by atoms with Crippen LogP contribution in [0.3, 0.4) is 0 Å². The van der Waals surface area contributed by atoms with Gasteiger partial charge in [-0.1, -0.05) is 13.8 Å². The highest BCUT2D eigenvalue weighted by atomic mass is 19.1. The minimum absolute atomic E-state index is 0.104. The number of alkyl carbamates (subject to hydrolysis) is 1. The molecule has 4 aliphatic heterocycles. The predicted molar refractivity (Wildman–Crippen MR) is 248 cm³/mol. The van der Waals surface area contributed by atoms with E-state index in [2.05, 4.69) is 5.32 Å². The second-order valence-corrected chi connectivity index (χ2v) is 20.1. The average molecular weight is 982 g/mol. The van der Waals surface area contributed by atoms with E-state index < -0.39 is 95.1 Å². The molecule has 0 spiro atoms. The third-order valence-corrected chi connectivity index (χ3v) is 12.0. The molecule has 0 saturated carbocycles. The Hall–Kier alpha value is -6.40. The minimum Gasteiger partial charge on any atom is -0.444 e. The molecule has 19 heteroatoms. The van der Waals surface area contributed by atoms with E-state index in [1.54, 1.807) is 65.5 Å².